The third kappa shape index (κ3) is 2.89. The Kier molecular flexibility index (Phi) is 4.05. The lowest BCUT2D eigenvalue weighted by molar-refractivity contribution is -0.114. The van der Waals surface area contributed by atoms with Crippen molar-refractivity contribution < 1.29 is 14.4 Å². The SMILES string of the molecule is CC(=O)Nc1ccc(Nc2ccccc2)c2c1C(=O)c1ccccc1C2=O. The van der Waals surface area contributed by atoms with Gasteiger partial charge in [0.15, 0.2) is 11.6 Å². The minimum absolute atomic E-state index is 0.217. The zero-order valence-electron chi connectivity index (χ0n) is 14.6. The number of carbonyl (C=O) groups is 3. The first kappa shape index (κ1) is 16.7. The molecule has 1 amide bonds. The Morgan fingerprint density at radius 1 is 0.704 bits per heavy atom. The Balaban J connectivity index is 1.93. The molecule has 27 heavy (non-hydrogen) atoms. The number of ketones is 2. The van der Waals surface area contributed by atoms with Gasteiger partial charge in [-0.15, -0.1) is 0 Å². The number of nitrogens with one attached hydrogen (secondary N) is 2. The molecule has 132 valence electrons. The maximum Gasteiger partial charge on any atom is 0.221 e. The van der Waals surface area contributed by atoms with Crippen LogP contribution in [0.1, 0.15) is 38.8 Å². The molecule has 0 unspecified atom stereocenters. The van der Waals surface area contributed by atoms with Crippen LogP contribution in [0.3, 0.4) is 0 Å². The highest BCUT2D eigenvalue weighted by Gasteiger charge is 2.34. The van der Waals surface area contributed by atoms with Crippen molar-refractivity contribution in [1.82, 2.24) is 0 Å². The molecule has 0 saturated heterocycles. The Morgan fingerprint density at radius 3 is 1.81 bits per heavy atom. The van der Waals surface area contributed by atoms with E-state index in [1.54, 1.807) is 36.4 Å². The summed E-state index contributed by atoms with van der Waals surface area (Å²) in [6.45, 7) is 1.37. The minimum atomic E-state index is -0.305. The first-order chi connectivity index (χ1) is 13.1. The molecule has 0 aliphatic heterocycles. The molecule has 0 fully saturated rings. The highest BCUT2D eigenvalue weighted by Crippen LogP contribution is 2.37. The molecular weight excluding hydrogens is 340 g/mol. The van der Waals surface area contributed by atoms with E-state index in [1.807, 2.05) is 30.3 Å². The molecule has 0 radical (unpaired) electrons. The average Bonchev–Trinajstić information content (AvgIpc) is 2.67. The van der Waals surface area contributed by atoms with E-state index < -0.39 is 0 Å². The highest BCUT2D eigenvalue weighted by atomic mass is 16.2. The van der Waals surface area contributed by atoms with Gasteiger partial charge in [0.2, 0.25) is 5.91 Å². The van der Waals surface area contributed by atoms with Crippen molar-refractivity contribution in [3.8, 4) is 0 Å². The Bertz CT molecular complexity index is 1090. The normalized spacial score (nSPS) is 12.2. The van der Waals surface area contributed by atoms with Gasteiger partial charge in [-0.3, -0.25) is 14.4 Å². The molecule has 1 aliphatic carbocycles. The van der Waals surface area contributed by atoms with E-state index in [0.29, 0.717) is 22.5 Å². The van der Waals surface area contributed by atoms with Crippen molar-refractivity contribution in [2.75, 3.05) is 10.6 Å². The largest absolute Gasteiger partial charge is 0.355 e. The summed E-state index contributed by atoms with van der Waals surface area (Å²) in [6, 6.07) is 19.5. The van der Waals surface area contributed by atoms with Crippen molar-refractivity contribution in [1.29, 1.82) is 0 Å². The van der Waals surface area contributed by atoms with E-state index in [-0.39, 0.29) is 28.6 Å². The van der Waals surface area contributed by atoms with Crippen molar-refractivity contribution in [2.24, 2.45) is 0 Å². The summed E-state index contributed by atoms with van der Waals surface area (Å²) in [4.78, 5) is 37.9. The van der Waals surface area contributed by atoms with Gasteiger partial charge < -0.3 is 10.6 Å². The lowest BCUT2D eigenvalue weighted by atomic mass is 9.82. The predicted octanol–water partition coefficient (Wildman–Crippen LogP) is 4.16. The smallest absolute Gasteiger partial charge is 0.221 e. The minimum Gasteiger partial charge on any atom is -0.355 e. The summed E-state index contributed by atoms with van der Waals surface area (Å²) in [5.74, 6) is -0.827. The van der Waals surface area contributed by atoms with Gasteiger partial charge in [-0.25, -0.2) is 0 Å². The molecule has 5 heteroatoms. The monoisotopic (exact) mass is 356 g/mol. The van der Waals surface area contributed by atoms with Gasteiger partial charge in [0.25, 0.3) is 0 Å². The lowest BCUT2D eigenvalue weighted by Gasteiger charge is -2.23. The Morgan fingerprint density at radius 2 is 1.22 bits per heavy atom. The molecule has 2 N–H and O–H groups in total. The molecule has 0 bridgehead atoms. The molecule has 0 saturated carbocycles. The van der Waals surface area contributed by atoms with E-state index in [1.165, 1.54) is 6.92 Å². The molecule has 1 aliphatic rings. The molecule has 0 heterocycles. The Hall–Kier alpha value is -3.73. The molecule has 5 nitrogen and oxygen atoms in total. The number of para-hydroxylation sites is 1. The number of hydrogen-bond donors (Lipinski definition) is 2. The fourth-order valence-electron chi connectivity index (χ4n) is 3.30. The third-order valence-electron chi connectivity index (χ3n) is 4.44. The average molecular weight is 356 g/mol. The molecule has 0 spiro atoms. The lowest BCUT2D eigenvalue weighted by Crippen LogP contribution is -2.24. The quantitative estimate of drug-likeness (QED) is 0.578. The zero-order chi connectivity index (χ0) is 19.0. The third-order valence-corrected chi connectivity index (χ3v) is 4.44. The van der Waals surface area contributed by atoms with E-state index in [9.17, 15) is 14.4 Å². The number of amides is 1. The molecule has 4 rings (SSSR count). The van der Waals surface area contributed by atoms with Crippen LogP contribution >= 0.6 is 0 Å². The number of benzene rings is 3. The van der Waals surface area contributed by atoms with Gasteiger partial charge in [-0.1, -0.05) is 42.5 Å². The number of hydrogen-bond acceptors (Lipinski definition) is 4. The maximum absolute atomic E-state index is 13.2. The van der Waals surface area contributed by atoms with Crippen molar-refractivity contribution >= 4 is 34.5 Å². The molecule has 3 aromatic rings. The number of anilines is 3. The van der Waals surface area contributed by atoms with Crippen molar-refractivity contribution in [3.63, 3.8) is 0 Å². The van der Waals surface area contributed by atoms with E-state index in [4.69, 9.17) is 0 Å². The van der Waals surface area contributed by atoms with Crippen LogP contribution in [0.4, 0.5) is 17.1 Å². The van der Waals surface area contributed by atoms with Crippen LogP contribution in [-0.4, -0.2) is 17.5 Å². The number of fused-ring (bicyclic) bond motifs is 2. The first-order valence-electron chi connectivity index (χ1n) is 8.51. The number of carbonyl (C=O) groups excluding carboxylic acids is 3. The van der Waals surface area contributed by atoms with Crippen molar-refractivity contribution in [3.05, 3.63) is 89.0 Å². The standard InChI is InChI=1S/C22H16N2O3/c1-13(25)23-17-11-12-18(24-14-7-3-2-4-8-14)20-19(17)21(26)15-9-5-6-10-16(15)22(20)27/h2-12,24H,1H3,(H,23,25). The summed E-state index contributed by atoms with van der Waals surface area (Å²) < 4.78 is 0. The van der Waals surface area contributed by atoms with Gasteiger partial charge >= 0.3 is 0 Å². The van der Waals surface area contributed by atoms with Crippen LogP contribution < -0.4 is 10.6 Å². The summed E-state index contributed by atoms with van der Waals surface area (Å²) in [6.07, 6.45) is 0. The van der Waals surface area contributed by atoms with Crippen LogP contribution in [0.15, 0.2) is 66.7 Å². The maximum atomic E-state index is 13.2. The van der Waals surface area contributed by atoms with Gasteiger partial charge in [0.1, 0.15) is 0 Å². The second-order valence-electron chi connectivity index (χ2n) is 6.29. The van der Waals surface area contributed by atoms with E-state index >= 15 is 0 Å². The van der Waals surface area contributed by atoms with Crippen LogP contribution in [-0.2, 0) is 4.79 Å². The highest BCUT2D eigenvalue weighted by molar-refractivity contribution is 6.32. The first-order valence-corrected chi connectivity index (χ1v) is 8.51. The zero-order valence-corrected chi connectivity index (χ0v) is 14.6. The summed E-state index contributed by atoms with van der Waals surface area (Å²) in [5, 5.41) is 5.87. The predicted molar refractivity (Wildman–Crippen MR) is 104 cm³/mol. The van der Waals surface area contributed by atoms with Crippen LogP contribution in [0.25, 0.3) is 0 Å². The second kappa shape index (κ2) is 6.53. The van der Waals surface area contributed by atoms with Gasteiger partial charge in [-0.05, 0) is 24.3 Å². The van der Waals surface area contributed by atoms with Crippen LogP contribution in [0.2, 0.25) is 0 Å². The summed E-state index contributed by atoms with van der Waals surface area (Å²) in [5.41, 5.74) is 2.86. The van der Waals surface area contributed by atoms with Gasteiger partial charge in [-0.2, -0.15) is 0 Å². The van der Waals surface area contributed by atoms with Crippen molar-refractivity contribution in [2.45, 2.75) is 6.92 Å². The van der Waals surface area contributed by atoms with E-state index in [0.717, 1.165) is 5.69 Å². The summed E-state index contributed by atoms with van der Waals surface area (Å²) in [7, 11) is 0. The fourth-order valence-corrected chi connectivity index (χ4v) is 3.30. The fraction of sp³-hybridized carbons (Fsp3) is 0.0455. The molecule has 0 atom stereocenters. The molecule has 0 aromatic heterocycles. The topological polar surface area (TPSA) is 75.3 Å². The van der Waals surface area contributed by atoms with Crippen LogP contribution in [0, 0.1) is 0 Å². The van der Waals surface area contributed by atoms with E-state index in [2.05, 4.69) is 10.6 Å². The second-order valence-corrected chi connectivity index (χ2v) is 6.29. The Labute approximate surface area is 156 Å². The summed E-state index contributed by atoms with van der Waals surface area (Å²) >= 11 is 0. The molecular formula is C22H16N2O3. The number of rotatable bonds is 3. The van der Waals surface area contributed by atoms with Gasteiger partial charge in [0, 0.05) is 23.7 Å². The van der Waals surface area contributed by atoms with Gasteiger partial charge in [0.05, 0.1) is 22.5 Å². The van der Waals surface area contributed by atoms with Crippen LogP contribution in [0.5, 0.6) is 0 Å². The molecule has 3 aromatic carbocycles.